The van der Waals surface area contributed by atoms with Crippen molar-refractivity contribution in [2.24, 2.45) is 5.73 Å². The highest BCUT2D eigenvalue weighted by molar-refractivity contribution is 7.92. The lowest BCUT2D eigenvalue weighted by molar-refractivity contribution is 0.592. The predicted molar refractivity (Wildman–Crippen MR) is 75.2 cm³/mol. The number of sulfonamides is 1. The van der Waals surface area contributed by atoms with Crippen LogP contribution in [0.5, 0.6) is 0 Å². The molecule has 0 amide bonds. The van der Waals surface area contributed by atoms with Gasteiger partial charge in [0.2, 0.25) is 0 Å². The number of nitrogens with one attached hydrogen (secondary N) is 1. The van der Waals surface area contributed by atoms with Crippen LogP contribution in [0.2, 0.25) is 0 Å². The third kappa shape index (κ3) is 3.98. The molecule has 2 aromatic rings. The van der Waals surface area contributed by atoms with E-state index in [2.05, 4.69) is 26.5 Å². The summed E-state index contributed by atoms with van der Waals surface area (Å²) in [5, 5.41) is 0. The van der Waals surface area contributed by atoms with Crippen LogP contribution < -0.4 is 10.5 Å². The lowest BCUT2D eigenvalue weighted by atomic mass is 10.3. The van der Waals surface area contributed by atoms with Crippen LogP contribution in [0.1, 0.15) is 5.69 Å². The van der Waals surface area contributed by atoms with Gasteiger partial charge in [-0.25, -0.2) is 17.8 Å². The van der Waals surface area contributed by atoms with Crippen LogP contribution in [-0.4, -0.2) is 24.9 Å². The average Bonchev–Trinajstić information content (AvgIpc) is 2.45. The first-order valence-corrected chi connectivity index (χ1v) is 7.29. The molecule has 0 aliphatic heterocycles. The standard InChI is InChI=1S/C13H11FN4O2S/c14-10-7-12(9-16-8-10)21(19,20)18-13-5-1-3-11(17-13)4-2-6-15/h1,3,5,7-9H,6,15H2,(H,17,18). The van der Waals surface area contributed by atoms with Crippen LogP contribution in [-0.2, 0) is 10.0 Å². The number of rotatable bonds is 3. The zero-order valence-electron chi connectivity index (χ0n) is 10.7. The first kappa shape index (κ1) is 14.9. The third-order valence-electron chi connectivity index (χ3n) is 2.30. The molecule has 2 rings (SSSR count). The van der Waals surface area contributed by atoms with Crippen LogP contribution in [0.4, 0.5) is 10.2 Å². The zero-order chi connectivity index (χ0) is 15.3. The van der Waals surface area contributed by atoms with Crippen molar-refractivity contribution in [2.45, 2.75) is 4.90 Å². The second kappa shape index (κ2) is 6.30. The third-order valence-corrected chi connectivity index (χ3v) is 3.62. The van der Waals surface area contributed by atoms with Crippen molar-refractivity contribution in [3.63, 3.8) is 0 Å². The summed E-state index contributed by atoms with van der Waals surface area (Å²) in [7, 11) is -3.96. The first-order valence-electron chi connectivity index (χ1n) is 5.80. The molecule has 21 heavy (non-hydrogen) atoms. The maximum Gasteiger partial charge on any atom is 0.264 e. The van der Waals surface area contributed by atoms with E-state index in [9.17, 15) is 12.8 Å². The van der Waals surface area contributed by atoms with E-state index < -0.39 is 15.8 Å². The summed E-state index contributed by atoms with van der Waals surface area (Å²) in [6.07, 6.45) is 1.96. The van der Waals surface area contributed by atoms with Crippen LogP contribution in [0.25, 0.3) is 0 Å². The van der Waals surface area contributed by atoms with Crippen molar-refractivity contribution >= 4 is 15.8 Å². The molecule has 3 N–H and O–H groups in total. The molecule has 0 bridgehead atoms. The first-order chi connectivity index (χ1) is 10.0. The quantitative estimate of drug-likeness (QED) is 0.815. The van der Waals surface area contributed by atoms with Gasteiger partial charge in [-0.15, -0.1) is 0 Å². The fourth-order valence-corrected chi connectivity index (χ4v) is 2.41. The maximum atomic E-state index is 13.0. The number of nitrogens with zero attached hydrogens (tertiary/aromatic N) is 2. The molecule has 0 fully saturated rings. The molecule has 2 heterocycles. The van der Waals surface area contributed by atoms with Gasteiger partial charge in [-0.1, -0.05) is 12.0 Å². The highest BCUT2D eigenvalue weighted by atomic mass is 32.2. The minimum atomic E-state index is -3.96. The van der Waals surface area contributed by atoms with Gasteiger partial charge in [0.05, 0.1) is 12.7 Å². The van der Waals surface area contributed by atoms with Gasteiger partial charge < -0.3 is 5.73 Å². The molecule has 0 aromatic carbocycles. The number of halogens is 1. The Morgan fingerprint density at radius 1 is 1.33 bits per heavy atom. The van der Waals surface area contributed by atoms with E-state index >= 15 is 0 Å². The number of hydrogen-bond acceptors (Lipinski definition) is 5. The Bertz CT molecular complexity index is 812. The molecule has 0 saturated heterocycles. The van der Waals surface area contributed by atoms with Crippen LogP contribution in [0.3, 0.4) is 0 Å². The SMILES string of the molecule is NCC#Cc1cccc(NS(=O)(=O)c2cncc(F)c2)n1. The van der Waals surface area contributed by atoms with Gasteiger partial charge in [-0.3, -0.25) is 9.71 Å². The number of pyridine rings is 2. The molecule has 108 valence electrons. The Labute approximate surface area is 121 Å². The van der Waals surface area contributed by atoms with Crippen LogP contribution >= 0.6 is 0 Å². The molecule has 0 radical (unpaired) electrons. The van der Waals surface area contributed by atoms with Gasteiger partial charge in [-0.2, -0.15) is 0 Å². The molecular weight excluding hydrogens is 295 g/mol. The van der Waals surface area contributed by atoms with E-state index in [-0.39, 0.29) is 17.3 Å². The molecule has 6 nitrogen and oxygen atoms in total. The highest BCUT2D eigenvalue weighted by Gasteiger charge is 2.16. The van der Waals surface area contributed by atoms with E-state index in [1.54, 1.807) is 12.1 Å². The topological polar surface area (TPSA) is 98.0 Å². The number of aromatic nitrogens is 2. The van der Waals surface area contributed by atoms with Gasteiger partial charge in [0.25, 0.3) is 10.0 Å². The van der Waals surface area contributed by atoms with Gasteiger partial charge in [0.1, 0.15) is 22.2 Å². The lowest BCUT2D eigenvalue weighted by Crippen LogP contribution is -2.14. The van der Waals surface area contributed by atoms with E-state index in [0.29, 0.717) is 5.69 Å². The minimum Gasteiger partial charge on any atom is -0.320 e. The summed E-state index contributed by atoms with van der Waals surface area (Å²) in [5.41, 5.74) is 5.62. The van der Waals surface area contributed by atoms with Crippen LogP contribution in [0, 0.1) is 17.7 Å². The fourth-order valence-electron chi connectivity index (χ4n) is 1.44. The molecule has 0 aliphatic rings. The smallest absolute Gasteiger partial charge is 0.264 e. The van der Waals surface area contributed by atoms with Crippen molar-refractivity contribution < 1.29 is 12.8 Å². The van der Waals surface area contributed by atoms with Crippen molar-refractivity contribution in [2.75, 3.05) is 11.3 Å². The van der Waals surface area contributed by atoms with Gasteiger partial charge in [0, 0.05) is 6.20 Å². The van der Waals surface area contributed by atoms with Crippen molar-refractivity contribution in [3.8, 4) is 11.8 Å². The molecule has 0 aliphatic carbocycles. The maximum absolute atomic E-state index is 13.0. The van der Waals surface area contributed by atoms with Crippen molar-refractivity contribution in [1.82, 2.24) is 9.97 Å². The lowest BCUT2D eigenvalue weighted by Gasteiger charge is -2.07. The molecular formula is C13H11FN4O2S. The Hall–Kier alpha value is -2.50. The molecule has 0 unspecified atom stereocenters. The summed E-state index contributed by atoms with van der Waals surface area (Å²) in [5.74, 6) is 4.63. The summed E-state index contributed by atoms with van der Waals surface area (Å²) in [6, 6.07) is 5.53. The Morgan fingerprint density at radius 3 is 2.86 bits per heavy atom. The summed E-state index contributed by atoms with van der Waals surface area (Å²) in [6.45, 7) is 0.173. The monoisotopic (exact) mass is 306 g/mol. The molecule has 0 spiro atoms. The number of hydrogen-bond donors (Lipinski definition) is 2. The summed E-state index contributed by atoms with van der Waals surface area (Å²) in [4.78, 5) is 7.22. The van der Waals surface area contributed by atoms with E-state index in [1.807, 2.05) is 0 Å². The normalized spacial score (nSPS) is 10.6. The molecule has 0 saturated carbocycles. The Morgan fingerprint density at radius 2 is 2.14 bits per heavy atom. The number of nitrogens with two attached hydrogens (primary N) is 1. The Balaban J connectivity index is 2.29. The Kier molecular flexibility index (Phi) is 4.47. The largest absolute Gasteiger partial charge is 0.320 e. The van der Waals surface area contributed by atoms with E-state index in [1.165, 1.54) is 6.07 Å². The van der Waals surface area contributed by atoms with Gasteiger partial charge in [-0.05, 0) is 24.1 Å². The fraction of sp³-hybridized carbons (Fsp3) is 0.0769. The average molecular weight is 306 g/mol. The predicted octanol–water partition coefficient (Wildman–Crippen LogP) is 0.727. The van der Waals surface area contributed by atoms with Crippen LogP contribution in [0.15, 0.2) is 41.6 Å². The summed E-state index contributed by atoms with van der Waals surface area (Å²) < 4.78 is 39.4. The molecule has 2 aromatic heterocycles. The second-order valence-corrected chi connectivity index (χ2v) is 5.54. The second-order valence-electron chi connectivity index (χ2n) is 3.86. The minimum absolute atomic E-state index is 0.0723. The van der Waals surface area contributed by atoms with E-state index in [0.717, 1.165) is 18.5 Å². The van der Waals surface area contributed by atoms with Crippen molar-refractivity contribution in [3.05, 3.63) is 48.2 Å². The zero-order valence-corrected chi connectivity index (χ0v) is 11.6. The van der Waals surface area contributed by atoms with Gasteiger partial charge >= 0.3 is 0 Å². The molecule has 8 heteroatoms. The highest BCUT2D eigenvalue weighted by Crippen LogP contribution is 2.14. The molecule has 0 atom stereocenters. The summed E-state index contributed by atoms with van der Waals surface area (Å²) >= 11 is 0. The van der Waals surface area contributed by atoms with Gasteiger partial charge in [0.15, 0.2) is 0 Å². The van der Waals surface area contributed by atoms with E-state index in [4.69, 9.17) is 5.73 Å². The van der Waals surface area contributed by atoms with Crippen molar-refractivity contribution in [1.29, 1.82) is 0 Å². The number of anilines is 1.